The van der Waals surface area contributed by atoms with Crippen molar-refractivity contribution in [1.29, 1.82) is 0 Å². The first kappa shape index (κ1) is 8.62. The first-order valence-electron chi connectivity index (χ1n) is 4.73. The van der Waals surface area contributed by atoms with Gasteiger partial charge in [0.15, 0.2) is 0 Å². The van der Waals surface area contributed by atoms with Crippen LogP contribution in [0, 0.1) is 6.07 Å². The van der Waals surface area contributed by atoms with Crippen molar-refractivity contribution < 1.29 is 0 Å². The van der Waals surface area contributed by atoms with Gasteiger partial charge in [0.05, 0.1) is 0 Å². The minimum absolute atomic E-state index is 1.19. The van der Waals surface area contributed by atoms with Gasteiger partial charge in [-0.1, -0.05) is 0 Å². The molecule has 0 aliphatic rings. The summed E-state index contributed by atoms with van der Waals surface area (Å²) in [4.78, 5) is 4.02. The van der Waals surface area contributed by atoms with E-state index in [4.69, 9.17) is 0 Å². The lowest BCUT2D eigenvalue weighted by atomic mass is 10.1. The molecule has 1 nitrogen and oxygen atoms in total. The number of hydrogen-bond acceptors (Lipinski definition) is 2. The van der Waals surface area contributed by atoms with Gasteiger partial charge in [0, 0.05) is 22.5 Å². The number of benzene rings is 1. The van der Waals surface area contributed by atoms with Crippen molar-refractivity contribution in [3.8, 4) is 11.1 Å². The number of hydrogen-bond donors (Lipinski definition) is 0. The average molecular weight is 210 g/mol. The predicted molar refractivity (Wildman–Crippen MR) is 63.9 cm³/mol. The summed E-state index contributed by atoms with van der Waals surface area (Å²) in [6, 6.07) is 13.6. The Kier molecular flexibility index (Phi) is 2.00. The van der Waals surface area contributed by atoms with Crippen molar-refractivity contribution in [2.75, 3.05) is 0 Å². The van der Waals surface area contributed by atoms with E-state index in [9.17, 15) is 0 Å². The Labute approximate surface area is 92.0 Å². The molecule has 0 aliphatic heterocycles. The lowest BCUT2D eigenvalue weighted by molar-refractivity contribution is 1.33. The van der Waals surface area contributed by atoms with Crippen LogP contribution in [0.15, 0.2) is 48.1 Å². The summed E-state index contributed by atoms with van der Waals surface area (Å²) < 4.78 is 1.28. The van der Waals surface area contributed by atoms with Crippen LogP contribution in [-0.4, -0.2) is 4.98 Å². The lowest BCUT2D eigenvalue weighted by Gasteiger charge is -2.00. The summed E-state index contributed by atoms with van der Waals surface area (Å²) in [6.45, 7) is 0. The van der Waals surface area contributed by atoms with Crippen molar-refractivity contribution in [3.63, 3.8) is 0 Å². The molecule has 0 aliphatic carbocycles. The fourth-order valence-electron chi connectivity index (χ4n) is 1.60. The molecule has 0 fully saturated rings. The van der Waals surface area contributed by atoms with Gasteiger partial charge >= 0.3 is 0 Å². The van der Waals surface area contributed by atoms with Crippen molar-refractivity contribution >= 4 is 21.4 Å². The second-order valence-electron chi connectivity index (χ2n) is 3.32. The van der Waals surface area contributed by atoms with Gasteiger partial charge < -0.3 is 0 Å². The van der Waals surface area contributed by atoms with Crippen LogP contribution in [-0.2, 0) is 0 Å². The molecule has 71 valence electrons. The van der Waals surface area contributed by atoms with Gasteiger partial charge in [-0.25, -0.2) is 0 Å². The Balaban J connectivity index is 2.19. The number of rotatable bonds is 1. The van der Waals surface area contributed by atoms with E-state index in [2.05, 4.69) is 28.6 Å². The fourth-order valence-corrected chi connectivity index (χ4v) is 2.40. The molecule has 2 heteroatoms. The third-order valence-electron chi connectivity index (χ3n) is 2.38. The second kappa shape index (κ2) is 3.48. The molecule has 0 amide bonds. The van der Waals surface area contributed by atoms with Crippen LogP contribution in [0.3, 0.4) is 0 Å². The van der Waals surface area contributed by atoms with E-state index in [1.54, 1.807) is 11.3 Å². The van der Waals surface area contributed by atoms with Crippen molar-refractivity contribution in [2.24, 2.45) is 0 Å². The van der Waals surface area contributed by atoms with E-state index < -0.39 is 0 Å². The monoisotopic (exact) mass is 210 g/mol. The summed E-state index contributed by atoms with van der Waals surface area (Å²) in [5.41, 5.74) is 2.39. The van der Waals surface area contributed by atoms with Gasteiger partial charge in [-0.15, -0.1) is 11.3 Å². The van der Waals surface area contributed by atoms with Gasteiger partial charge in [-0.3, -0.25) is 4.98 Å². The SMILES string of the molecule is [c]1cc(-c2ccncc2)cc2sccc12. The van der Waals surface area contributed by atoms with E-state index >= 15 is 0 Å². The molecule has 15 heavy (non-hydrogen) atoms. The molecule has 2 aromatic heterocycles. The largest absolute Gasteiger partial charge is 0.265 e. The third kappa shape index (κ3) is 1.53. The molecule has 0 atom stereocenters. The van der Waals surface area contributed by atoms with Crippen molar-refractivity contribution in [2.45, 2.75) is 0 Å². The zero-order valence-corrected chi connectivity index (χ0v) is 8.79. The Morgan fingerprint density at radius 3 is 2.80 bits per heavy atom. The lowest BCUT2D eigenvalue weighted by Crippen LogP contribution is -1.77. The maximum absolute atomic E-state index is 4.02. The van der Waals surface area contributed by atoms with Crippen molar-refractivity contribution in [1.82, 2.24) is 4.98 Å². The molecule has 3 aromatic rings. The highest BCUT2D eigenvalue weighted by Crippen LogP contribution is 2.26. The zero-order chi connectivity index (χ0) is 10.1. The number of fused-ring (bicyclic) bond motifs is 1. The minimum atomic E-state index is 1.19. The highest BCUT2D eigenvalue weighted by molar-refractivity contribution is 7.17. The Hall–Kier alpha value is -1.67. The summed E-state index contributed by atoms with van der Waals surface area (Å²) in [5.74, 6) is 0. The van der Waals surface area contributed by atoms with E-state index in [0.29, 0.717) is 0 Å². The van der Waals surface area contributed by atoms with Crippen LogP contribution in [0.25, 0.3) is 21.2 Å². The standard InChI is InChI=1S/C13H8NS/c1-2-12(10-3-6-14-7-4-10)9-13-11(1)5-8-15-13/h2-9H. The Morgan fingerprint density at radius 2 is 1.93 bits per heavy atom. The molecule has 1 aromatic carbocycles. The van der Waals surface area contributed by atoms with Gasteiger partial charge in [-0.2, -0.15) is 0 Å². The Morgan fingerprint density at radius 1 is 1.07 bits per heavy atom. The molecule has 1 radical (unpaired) electrons. The quantitative estimate of drug-likeness (QED) is 0.596. The molecular formula is C13H8NS. The zero-order valence-electron chi connectivity index (χ0n) is 7.97. The second-order valence-corrected chi connectivity index (χ2v) is 4.27. The summed E-state index contributed by atoms with van der Waals surface area (Å²) in [7, 11) is 0. The topological polar surface area (TPSA) is 12.9 Å². The minimum Gasteiger partial charge on any atom is -0.265 e. The van der Waals surface area contributed by atoms with Crippen LogP contribution in [0.2, 0.25) is 0 Å². The molecule has 2 heterocycles. The van der Waals surface area contributed by atoms with Crippen molar-refractivity contribution in [3.05, 3.63) is 54.2 Å². The van der Waals surface area contributed by atoms with Crippen LogP contribution >= 0.6 is 11.3 Å². The van der Waals surface area contributed by atoms with Gasteiger partial charge in [0.25, 0.3) is 0 Å². The highest BCUT2D eigenvalue weighted by Gasteiger charge is 1.99. The number of nitrogens with zero attached hydrogens (tertiary/aromatic N) is 1. The van der Waals surface area contributed by atoms with Gasteiger partial charge in [0.2, 0.25) is 0 Å². The molecule has 0 bridgehead atoms. The smallest absolute Gasteiger partial charge is 0.0355 e. The van der Waals surface area contributed by atoms with Crippen LogP contribution in [0.4, 0.5) is 0 Å². The average Bonchev–Trinajstić information content (AvgIpc) is 2.77. The van der Waals surface area contributed by atoms with E-state index in [1.807, 2.05) is 30.6 Å². The number of pyridine rings is 1. The highest BCUT2D eigenvalue weighted by atomic mass is 32.1. The van der Waals surface area contributed by atoms with Gasteiger partial charge in [0.1, 0.15) is 0 Å². The summed E-state index contributed by atoms with van der Waals surface area (Å²) in [5, 5.41) is 3.29. The van der Waals surface area contributed by atoms with Crippen LogP contribution in [0.1, 0.15) is 0 Å². The van der Waals surface area contributed by atoms with Gasteiger partial charge in [-0.05, 0) is 52.9 Å². The van der Waals surface area contributed by atoms with E-state index in [-0.39, 0.29) is 0 Å². The maximum atomic E-state index is 4.02. The molecule has 0 saturated heterocycles. The molecule has 3 rings (SSSR count). The molecule has 0 saturated carbocycles. The first-order valence-corrected chi connectivity index (χ1v) is 5.61. The normalized spacial score (nSPS) is 10.7. The van der Waals surface area contributed by atoms with E-state index in [1.165, 1.54) is 21.2 Å². The molecule has 0 spiro atoms. The molecule has 0 unspecified atom stereocenters. The first-order chi connectivity index (χ1) is 7.43. The summed E-state index contributed by atoms with van der Waals surface area (Å²) >= 11 is 1.75. The Bertz CT molecular complexity index is 584. The third-order valence-corrected chi connectivity index (χ3v) is 3.24. The fraction of sp³-hybridized carbons (Fsp3) is 0. The maximum Gasteiger partial charge on any atom is 0.0355 e. The van der Waals surface area contributed by atoms with E-state index in [0.717, 1.165) is 0 Å². The van der Waals surface area contributed by atoms with Crippen LogP contribution < -0.4 is 0 Å². The number of thiophene rings is 1. The molecule has 0 N–H and O–H groups in total. The van der Waals surface area contributed by atoms with Crippen LogP contribution in [0.5, 0.6) is 0 Å². The summed E-state index contributed by atoms with van der Waals surface area (Å²) in [6.07, 6.45) is 3.63. The predicted octanol–water partition coefficient (Wildman–Crippen LogP) is 3.76. The number of aromatic nitrogens is 1. The molecular weight excluding hydrogens is 202 g/mol.